The molecule has 1 saturated carbocycles. The highest BCUT2D eigenvalue weighted by molar-refractivity contribution is 5.96. The largest absolute Gasteiger partial charge is 0.384 e. The van der Waals surface area contributed by atoms with Crippen LogP contribution in [0.4, 0.5) is 0 Å². The summed E-state index contributed by atoms with van der Waals surface area (Å²) in [5, 5.41) is 8.81. The van der Waals surface area contributed by atoms with Crippen LogP contribution in [0.25, 0.3) is 0 Å². The maximum Gasteiger partial charge on any atom is 0.254 e. The van der Waals surface area contributed by atoms with E-state index in [1.165, 1.54) is 12.8 Å². The summed E-state index contributed by atoms with van der Waals surface area (Å²) in [4.78, 5) is 14.7. The van der Waals surface area contributed by atoms with Gasteiger partial charge in [-0.1, -0.05) is 24.8 Å². The summed E-state index contributed by atoms with van der Waals surface area (Å²) in [7, 11) is 0. The zero-order chi connectivity index (χ0) is 15.2. The van der Waals surface area contributed by atoms with Crippen molar-refractivity contribution < 1.29 is 9.90 Å². The molecular formula is C18H23NO2. The van der Waals surface area contributed by atoms with Gasteiger partial charge in [-0.2, -0.15) is 0 Å². The molecule has 1 aliphatic rings. The number of amides is 1. The normalized spacial score (nSPS) is 13.5. The fourth-order valence-electron chi connectivity index (χ4n) is 2.47. The van der Waals surface area contributed by atoms with Gasteiger partial charge in [-0.15, -0.1) is 0 Å². The van der Waals surface area contributed by atoms with Crippen LogP contribution in [0, 0.1) is 24.7 Å². The van der Waals surface area contributed by atoms with Crippen LogP contribution in [-0.4, -0.2) is 35.6 Å². The van der Waals surface area contributed by atoms with Crippen molar-refractivity contribution in [1.82, 2.24) is 4.90 Å². The third-order valence-electron chi connectivity index (χ3n) is 3.82. The number of aliphatic hydroxyl groups excluding tert-OH is 1. The zero-order valence-corrected chi connectivity index (χ0v) is 12.9. The molecule has 3 nitrogen and oxygen atoms in total. The summed E-state index contributed by atoms with van der Waals surface area (Å²) in [5.74, 6) is 6.36. The lowest BCUT2D eigenvalue weighted by atomic mass is 10.0. The minimum Gasteiger partial charge on any atom is -0.384 e. The molecule has 3 heteroatoms. The Hall–Kier alpha value is -1.79. The first kappa shape index (κ1) is 15.6. The summed E-state index contributed by atoms with van der Waals surface area (Å²) in [6.07, 6.45) is 3.46. The molecule has 1 aliphatic carbocycles. The minimum absolute atomic E-state index is 0.105. The zero-order valence-electron chi connectivity index (χ0n) is 12.9. The quantitative estimate of drug-likeness (QED) is 0.845. The second-order valence-electron chi connectivity index (χ2n) is 5.63. The van der Waals surface area contributed by atoms with Gasteiger partial charge >= 0.3 is 0 Å². The van der Waals surface area contributed by atoms with E-state index < -0.39 is 0 Å². The summed E-state index contributed by atoms with van der Waals surface area (Å²) in [5.41, 5.74) is 2.45. The minimum atomic E-state index is -0.165. The molecule has 0 radical (unpaired) electrons. The molecule has 0 heterocycles. The summed E-state index contributed by atoms with van der Waals surface area (Å²) in [6.45, 7) is 5.54. The Morgan fingerprint density at radius 1 is 1.43 bits per heavy atom. The number of nitrogens with zero attached hydrogens (tertiary/aromatic N) is 1. The molecule has 0 unspecified atom stereocenters. The lowest BCUT2D eigenvalue weighted by Crippen LogP contribution is -2.34. The number of carbonyl (C=O) groups excluding carboxylic acids is 1. The molecule has 1 fully saturated rings. The molecule has 0 atom stereocenters. The molecule has 0 aromatic heterocycles. The number of carbonyl (C=O) groups is 1. The van der Waals surface area contributed by atoms with Crippen LogP contribution in [0.15, 0.2) is 18.2 Å². The number of hydrogen-bond donors (Lipinski definition) is 1. The van der Waals surface area contributed by atoms with Gasteiger partial charge in [0.1, 0.15) is 6.61 Å². The van der Waals surface area contributed by atoms with E-state index in [0.29, 0.717) is 5.92 Å². The van der Waals surface area contributed by atoms with E-state index in [4.69, 9.17) is 5.11 Å². The van der Waals surface area contributed by atoms with Gasteiger partial charge in [-0.05, 0) is 49.8 Å². The molecule has 21 heavy (non-hydrogen) atoms. The molecule has 1 amide bonds. The molecule has 0 aliphatic heterocycles. The van der Waals surface area contributed by atoms with Gasteiger partial charge in [0.05, 0.1) is 0 Å². The van der Waals surface area contributed by atoms with Crippen molar-refractivity contribution in [1.29, 1.82) is 0 Å². The summed E-state index contributed by atoms with van der Waals surface area (Å²) >= 11 is 0. The van der Waals surface area contributed by atoms with E-state index in [0.717, 1.165) is 36.2 Å². The van der Waals surface area contributed by atoms with E-state index in [-0.39, 0.29) is 12.5 Å². The fourth-order valence-corrected chi connectivity index (χ4v) is 2.47. The first-order valence-electron chi connectivity index (χ1n) is 7.66. The van der Waals surface area contributed by atoms with Crippen molar-refractivity contribution in [2.45, 2.75) is 33.1 Å². The van der Waals surface area contributed by atoms with Crippen molar-refractivity contribution in [3.05, 3.63) is 34.9 Å². The molecular weight excluding hydrogens is 262 g/mol. The van der Waals surface area contributed by atoms with Gasteiger partial charge in [0.25, 0.3) is 5.91 Å². The molecule has 2 rings (SSSR count). The average molecular weight is 285 g/mol. The van der Waals surface area contributed by atoms with Crippen molar-refractivity contribution >= 4 is 5.91 Å². The second kappa shape index (κ2) is 7.28. The average Bonchev–Trinajstić information content (AvgIpc) is 3.29. The molecule has 1 N–H and O–H groups in total. The molecule has 112 valence electrons. The van der Waals surface area contributed by atoms with E-state index in [1.54, 1.807) is 0 Å². The number of benzene rings is 1. The SMILES string of the molecule is CCCN(CC1CC1)C(=O)c1cccc(C#CCO)c1C. The van der Waals surface area contributed by atoms with Crippen LogP contribution in [0.2, 0.25) is 0 Å². The van der Waals surface area contributed by atoms with Crippen LogP contribution in [0.3, 0.4) is 0 Å². The van der Waals surface area contributed by atoms with Gasteiger partial charge in [-0.3, -0.25) is 4.79 Å². The van der Waals surface area contributed by atoms with Gasteiger partial charge < -0.3 is 10.0 Å². The Morgan fingerprint density at radius 3 is 2.81 bits per heavy atom. The number of aliphatic hydroxyl groups is 1. The third-order valence-corrected chi connectivity index (χ3v) is 3.82. The Labute approximate surface area is 127 Å². The molecule has 0 saturated heterocycles. The van der Waals surface area contributed by atoms with Crippen LogP contribution < -0.4 is 0 Å². The molecule has 1 aromatic rings. The van der Waals surface area contributed by atoms with E-state index in [1.807, 2.05) is 30.0 Å². The maximum atomic E-state index is 12.8. The Morgan fingerprint density at radius 2 is 2.19 bits per heavy atom. The predicted molar refractivity (Wildman–Crippen MR) is 84.1 cm³/mol. The van der Waals surface area contributed by atoms with Gasteiger partial charge in [0.2, 0.25) is 0 Å². The van der Waals surface area contributed by atoms with Crippen molar-refractivity contribution in [2.24, 2.45) is 5.92 Å². The monoisotopic (exact) mass is 285 g/mol. The van der Waals surface area contributed by atoms with Crippen molar-refractivity contribution in [3.8, 4) is 11.8 Å². The van der Waals surface area contributed by atoms with Gasteiger partial charge in [0, 0.05) is 24.2 Å². The molecule has 1 aromatic carbocycles. The lowest BCUT2D eigenvalue weighted by molar-refractivity contribution is 0.0747. The van der Waals surface area contributed by atoms with Gasteiger partial charge in [-0.25, -0.2) is 0 Å². The maximum absolute atomic E-state index is 12.8. The van der Waals surface area contributed by atoms with Crippen LogP contribution >= 0.6 is 0 Å². The summed E-state index contributed by atoms with van der Waals surface area (Å²) < 4.78 is 0. The highest BCUT2D eigenvalue weighted by Crippen LogP contribution is 2.30. The van der Waals surface area contributed by atoms with E-state index in [2.05, 4.69) is 18.8 Å². The first-order chi connectivity index (χ1) is 10.2. The Bertz CT molecular complexity index is 564. The van der Waals surface area contributed by atoms with Crippen LogP contribution in [-0.2, 0) is 0 Å². The van der Waals surface area contributed by atoms with Crippen LogP contribution in [0.5, 0.6) is 0 Å². The second-order valence-corrected chi connectivity index (χ2v) is 5.63. The number of rotatable bonds is 5. The first-order valence-corrected chi connectivity index (χ1v) is 7.66. The highest BCUT2D eigenvalue weighted by atomic mass is 16.2. The summed E-state index contributed by atoms with van der Waals surface area (Å²) in [6, 6.07) is 5.63. The highest BCUT2D eigenvalue weighted by Gasteiger charge is 2.27. The topological polar surface area (TPSA) is 40.5 Å². The van der Waals surface area contributed by atoms with E-state index in [9.17, 15) is 4.79 Å². The molecule has 0 bridgehead atoms. The predicted octanol–water partition coefficient (Wildman–Crippen LogP) is 2.60. The Balaban J connectivity index is 2.23. The number of hydrogen-bond acceptors (Lipinski definition) is 2. The lowest BCUT2D eigenvalue weighted by Gasteiger charge is -2.23. The fraction of sp³-hybridized carbons (Fsp3) is 0.500. The van der Waals surface area contributed by atoms with E-state index >= 15 is 0 Å². The van der Waals surface area contributed by atoms with Crippen LogP contribution in [0.1, 0.15) is 47.7 Å². The van der Waals surface area contributed by atoms with Crippen molar-refractivity contribution in [2.75, 3.05) is 19.7 Å². The standard InChI is InChI=1S/C18H23NO2/c1-3-11-19(13-15-9-10-15)18(21)17-8-4-6-16(14(17)2)7-5-12-20/h4,6,8,15,20H,3,9-13H2,1-2H3. The van der Waals surface area contributed by atoms with Crippen molar-refractivity contribution in [3.63, 3.8) is 0 Å². The van der Waals surface area contributed by atoms with Gasteiger partial charge in [0.15, 0.2) is 0 Å². The molecule has 0 spiro atoms. The Kier molecular flexibility index (Phi) is 5.41. The smallest absolute Gasteiger partial charge is 0.254 e. The third kappa shape index (κ3) is 4.09.